The molecule has 2 heterocycles. The van der Waals surface area contributed by atoms with Gasteiger partial charge in [-0.05, 0) is 34.1 Å². The summed E-state index contributed by atoms with van der Waals surface area (Å²) < 4.78 is 13.7. The molecule has 37 heavy (non-hydrogen) atoms. The van der Waals surface area contributed by atoms with E-state index in [4.69, 9.17) is 4.98 Å². The summed E-state index contributed by atoms with van der Waals surface area (Å²) in [4.78, 5) is 18.3. The van der Waals surface area contributed by atoms with Crippen LogP contribution < -0.4 is 0 Å². The second-order valence-electron chi connectivity index (χ2n) is 14.0. The first-order valence-corrected chi connectivity index (χ1v) is 13.0. The smallest absolute Gasteiger partial charge is 0.134 e. The number of hydrogen-bond donors (Lipinski definition) is 0. The minimum atomic E-state index is -0.232. The number of nitrogens with zero attached hydrogens (tertiary/aromatic N) is 4. The highest BCUT2D eigenvalue weighted by atomic mass is 19.1. The van der Waals surface area contributed by atoms with Crippen molar-refractivity contribution in [2.45, 2.75) is 105 Å². The molecule has 0 spiro atoms. The van der Waals surface area contributed by atoms with E-state index in [-0.39, 0.29) is 27.5 Å². The Kier molecular flexibility index (Phi) is 7.53. The van der Waals surface area contributed by atoms with E-state index in [0.717, 1.165) is 39.0 Å². The monoisotopic (exact) mass is 502 g/mol. The first kappa shape index (κ1) is 28.6. The second-order valence-corrected chi connectivity index (χ2v) is 14.0. The third kappa shape index (κ3) is 6.68. The van der Waals surface area contributed by atoms with Gasteiger partial charge < -0.3 is 0 Å². The lowest BCUT2D eigenvalue weighted by Gasteiger charge is -2.22. The van der Waals surface area contributed by atoms with Gasteiger partial charge >= 0.3 is 0 Å². The largest absolute Gasteiger partial charge is 0.240 e. The van der Waals surface area contributed by atoms with E-state index in [0.29, 0.717) is 0 Å². The van der Waals surface area contributed by atoms with E-state index < -0.39 is 0 Å². The number of fused-ring (bicyclic) bond motifs is 2. The van der Waals surface area contributed by atoms with Crippen LogP contribution in [0.5, 0.6) is 0 Å². The second kappa shape index (κ2) is 9.74. The van der Waals surface area contributed by atoms with Crippen LogP contribution >= 0.6 is 0 Å². The molecule has 0 aliphatic rings. The van der Waals surface area contributed by atoms with Crippen molar-refractivity contribution in [3.05, 3.63) is 71.3 Å². The van der Waals surface area contributed by atoms with E-state index in [9.17, 15) is 4.39 Å². The molecule has 0 bridgehead atoms. The first-order chi connectivity index (χ1) is 16.8. The summed E-state index contributed by atoms with van der Waals surface area (Å²) in [5.74, 6) is 1.47. The van der Waals surface area contributed by atoms with Crippen LogP contribution in [0.15, 0.2) is 42.7 Å². The number of aromatic nitrogens is 4. The third-order valence-corrected chi connectivity index (χ3v) is 6.22. The molecule has 4 rings (SSSR count). The first-order valence-electron chi connectivity index (χ1n) is 13.0. The van der Waals surface area contributed by atoms with Crippen LogP contribution in [0.1, 0.15) is 106 Å². The SMILES string of the molecule is CC(C)(C)c1ncc2cc(F)cc(C(C)(C)C)c2n1.CC(C)(C)c1ncc2cccc(C(C)(C)C)c2n1. The van der Waals surface area contributed by atoms with Gasteiger partial charge in [-0.25, -0.2) is 24.3 Å². The maximum Gasteiger partial charge on any atom is 0.134 e. The van der Waals surface area contributed by atoms with Crippen LogP contribution in [0, 0.1) is 5.82 Å². The number of rotatable bonds is 0. The molecule has 4 aromatic rings. The van der Waals surface area contributed by atoms with Gasteiger partial charge in [0.05, 0.1) is 11.0 Å². The Balaban J connectivity index is 0.000000206. The summed E-state index contributed by atoms with van der Waals surface area (Å²) >= 11 is 0. The van der Waals surface area contributed by atoms with Crippen molar-refractivity contribution < 1.29 is 4.39 Å². The molecule has 0 unspecified atom stereocenters. The van der Waals surface area contributed by atoms with Gasteiger partial charge in [0.2, 0.25) is 0 Å². The molecule has 4 nitrogen and oxygen atoms in total. The molecule has 0 amide bonds. The fourth-order valence-corrected chi connectivity index (χ4v) is 4.06. The number of halogens is 1. The minimum Gasteiger partial charge on any atom is -0.240 e. The Bertz CT molecular complexity index is 1410. The summed E-state index contributed by atoms with van der Waals surface area (Å²) in [6.07, 6.45) is 3.67. The van der Waals surface area contributed by atoms with Gasteiger partial charge in [-0.2, -0.15) is 0 Å². The lowest BCUT2D eigenvalue weighted by atomic mass is 9.85. The van der Waals surface area contributed by atoms with Crippen molar-refractivity contribution in [3.8, 4) is 0 Å². The Labute approximate surface area is 222 Å². The van der Waals surface area contributed by atoms with Crippen molar-refractivity contribution in [2.24, 2.45) is 0 Å². The normalized spacial score (nSPS) is 13.0. The molecule has 0 aliphatic heterocycles. The number of benzene rings is 2. The molecule has 0 N–H and O–H groups in total. The molecule has 198 valence electrons. The molecular formula is C32H43FN4. The maximum atomic E-state index is 13.7. The molecule has 0 radical (unpaired) electrons. The standard InChI is InChI=1S/C16H21FN2.C16H22N2/c1-15(2,3)12-8-11(17)7-10-9-18-14(16(4,5)6)19-13(10)12;1-15(2,3)12-9-7-8-11-10-17-14(16(4,5)6)18-13(11)12/h7-9H,1-6H3;7-10H,1-6H3. The highest BCUT2D eigenvalue weighted by molar-refractivity contribution is 5.83. The highest BCUT2D eigenvalue weighted by Crippen LogP contribution is 2.32. The summed E-state index contributed by atoms with van der Waals surface area (Å²) in [6, 6.07) is 9.42. The Hall–Kier alpha value is -2.95. The predicted molar refractivity (Wildman–Crippen MR) is 154 cm³/mol. The summed E-state index contributed by atoms with van der Waals surface area (Å²) in [6.45, 7) is 25.6. The summed E-state index contributed by atoms with van der Waals surface area (Å²) in [5.41, 5.74) is 3.98. The molecule has 0 saturated carbocycles. The quantitative estimate of drug-likeness (QED) is 0.242. The Morgan fingerprint density at radius 2 is 1.00 bits per heavy atom. The van der Waals surface area contributed by atoms with Gasteiger partial charge in [-0.3, -0.25) is 0 Å². The van der Waals surface area contributed by atoms with E-state index >= 15 is 0 Å². The van der Waals surface area contributed by atoms with Gasteiger partial charge in [0.25, 0.3) is 0 Å². The van der Waals surface area contributed by atoms with Gasteiger partial charge in [0, 0.05) is 34.0 Å². The highest BCUT2D eigenvalue weighted by Gasteiger charge is 2.23. The Morgan fingerprint density at radius 1 is 0.541 bits per heavy atom. The molecule has 0 fully saturated rings. The van der Waals surface area contributed by atoms with Crippen LogP contribution in [-0.4, -0.2) is 19.9 Å². The van der Waals surface area contributed by atoms with Crippen LogP contribution in [0.4, 0.5) is 4.39 Å². The zero-order valence-corrected chi connectivity index (χ0v) is 24.7. The number of para-hydroxylation sites is 1. The summed E-state index contributed by atoms with van der Waals surface area (Å²) in [5, 5.41) is 1.88. The van der Waals surface area contributed by atoms with Gasteiger partial charge in [0.15, 0.2) is 0 Å². The van der Waals surface area contributed by atoms with E-state index in [1.807, 2.05) is 6.20 Å². The molecule has 0 aliphatic carbocycles. The van der Waals surface area contributed by atoms with Crippen LogP contribution in [0.3, 0.4) is 0 Å². The van der Waals surface area contributed by atoms with E-state index in [1.165, 1.54) is 11.6 Å². The maximum absolute atomic E-state index is 13.7. The van der Waals surface area contributed by atoms with Gasteiger partial charge in [-0.15, -0.1) is 0 Å². The van der Waals surface area contributed by atoms with Gasteiger partial charge in [-0.1, -0.05) is 101 Å². The van der Waals surface area contributed by atoms with Crippen molar-refractivity contribution >= 4 is 21.8 Å². The van der Waals surface area contributed by atoms with Crippen LogP contribution in [-0.2, 0) is 21.7 Å². The third-order valence-electron chi connectivity index (χ3n) is 6.22. The molecule has 0 atom stereocenters. The minimum absolute atomic E-state index is 0.0147. The van der Waals surface area contributed by atoms with Crippen LogP contribution in [0.25, 0.3) is 21.8 Å². The van der Waals surface area contributed by atoms with Crippen molar-refractivity contribution in [1.29, 1.82) is 0 Å². The van der Waals surface area contributed by atoms with Crippen molar-refractivity contribution in [1.82, 2.24) is 19.9 Å². The Morgan fingerprint density at radius 3 is 1.46 bits per heavy atom. The topological polar surface area (TPSA) is 51.6 Å². The average molecular weight is 503 g/mol. The van der Waals surface area contributed by atoms with Crippen molar-refractivity contribution in [3.63, 3.8) is 0 Å². The van der Waals surface area contributed by atoms with Gasteiger partial charge in [0.1, 0.15) is 17.5 Å². The zero-order valence-electron chi connectivity index (χ0n) is 24.7. The van der Waals surface area contributed by atoms with E-state index in [1.54, 1.807) is 12.3 Å². The predicted octanol–water partition coefficient (Wildman–Crippen LogP) is 8.59. The van der Waals surface area contributed by atoms with E-state index in [2.05, 4.69) is 116 Å². The molecule has 0 saturated heterocycles. The number of hydrogen-bond acceptors (Lipinski definition) is 4. The summed E-state index contributed by atoms with van der Waals surface area (Å²) in [7, 11) is 0. The molecular weight excluding hydrogens is 459 g/mol. The average Bonchev–Trinajstić information content (AvgIpc) is 2.75. The lowest BCUT2D eigenvalue weighted by Crippen LogP contribution is -2.18. The lowest BCUT2D eigenvalue weighted by molar-refractivity contribution is 0.544. The van der Waals surface area contributed by atoms with Crippen molar-refractivity contribution in [2.75, 3.05) is 0 Å². The zero-order chi connectivity index (χ0) is 28.0. The molecule has 2 aromatic heterocycles. The fourth-order valence-electron chi connectivity index (χ4n) is 4.06. The molecule has 2 aromatic carbocycles. The molecule has 5 heteroatoms. The fraction of sp³-hybridized carbons (Fsp3) is 0.500. The van der Waals surface area contributed by atoms with Crippen LogP contribution in [0.2, 0.25) is 0 Å².